The molecule has 0 aromatic heterocycles. The van der Waals surface area contributed by atoms with Gasteiger partial charge >= 0.3 is 0 Å². The van der Waals surface area contributed by atoms with Crippen LogP contribution in [-0.2, 0) is 9.53 Å². The maximum absolute atomic E-state index is 11.9. The first-order valence-electron chi connectivity index (χ1n) is 8.92. The Morgan fingerprint density at radius 3 is 2.81 bits per heavy atom. The third kappa shape index (κ3) is 7.50. The third-order valence-corrected chi connectivity index (χ3v) is 4.97. The van der Waals surface area contributed by atoms with Gasteiger partial charge < -0.3 is 19.9 Å². The number of benzene rings is 1. The van der Waals surface area contributed by atoms with Gasteiger partial charge in [0.25, 0.3) is 0 Å². The molecule has 0 saturated carbocycles. The van der Waals surface area contributed by atoms with Crippen molar-refractivity contribution in [3.63, 3.8) is 0 Å². The number of nitrogens with zero attached hydrogens (tertiary/aromatic N) is 3. The quantitative estimate of drug-likeness (QED) is 0.278. The van der Waals surface area contributed by atoms with Gasteiger partial charge in [-0.1, -0.05) is 24.3 Å². The van der Waals surface area contributed by atoms with Gasteiger partial charge in [-0.2, -0.15) is 11.8 Å². The summed E-state index contributed by atoms with van der Waals surface area (Å²) in [4.78, 5) is 20.3. The summed E-state index contributed by atoms with van der Waals surface area (Å²) in [5.74, 6) is 1.78. The predicted octanol–water partition coefficient (Wildman–Crippen LogP) is 2.38. The number of rotatable bonds is 6. The van der Waals surface area contributed by atoms with Gasteiger partial charge in [0.2, 0.25) is 5.91 Å². The second-order valence-electron chi connectivity index (χ2n) is 6.51. The van der Waals surface area contributed by atoms with Gasteiger partial charge in [0.15, 0.2) is 5.96 Å². The molecular formula is C19H31IN4O2S. The molecule has 1 aromatic carbocycles. The second-order valence-corrected chi connectivity index (χ2v) is 7.50. The Morgan fingerprint density at radius 1 is 1.41 bits per heavy atom. The van der Waals surface area contributed by atoms with Crippen LogP contribution in [0.4, 0.5) is 0 Å². The van der Waals surface area contributed by atoms with Crippen LogP contribution >= 0.6 is 35.7 Å². The van der Waals surface area contributed by atoms with E-state index >= 15 is 0 Å². The number of hydrogen-bond acceptors (Lipinski definition) is 4. The second kappa shape index (κ2) is 12.5. The molecule has 2 rings (SSSR count). The van der Waals surface area contributed by atoms with Crippen molar-refractivity contribution in [1.29, 1.82) is 0 Å². The first kappa shape index (κ1) is 24.0. The molecule has 0 radical (unpaired) electrons. The number of thioether (sulfide) groups is 1. The van der Waals surface area contributed by atoms with E-state index in [2.05, 4.69) is 40.5 Å². The number of aryl methyl sites for hydroxylation is 1. The Morgan fingerprint density at radius 2 is 2.15 bits per heavy atom. The van der Waals surface area contributed by atoms with Crippen molar-refractivity contribution in [3.05, 3.63) is 35.4 Å². The summed E-state index contributed by atoms with van der Waals surface area (Å²) in [6.45, 7) is 5.22. The number of ether oxygens (including phenoxy) is 1. The maximum atomic E-state index is 11.9. The van der Waals surface area contributed by atoms with Crippen molar-refractivity contribution < 1.29 is 9.53 Å². The molecule has 8 heteroatoms. The minimum absolute atomic E-state index is 0. The molecule has 1 aliphatic heterocycles. The van der Waals surface area contributed by atoms with Crippen LogP contribution < -0.4 is 5.32 Å². The lowest BCUT2D eigenvalue weighted by Crippen LogP contribution is -2.49. The van der Waals surface area contributed by atoms with Gasteiger partial charge in [0.05, 0.1) is 13.2 Å². The number of likely N-dealkylation sites (N-methyl/N-ethyl adjacent to an activating group) is 1. The van der Waals surface area contributed by atoms with Gasteiger partial charge in [-0.25, -0.2) is 4.99 Å². The molecule has 1 aromatic rings. The zero-order valence-electron chi connectivity index (χ0n) is 16.6. The Balaban J connectivity index is 0.00000364. The summed E-state index contributed by atoms with van der Waals surface area (Å²) in [5.41, 5.74) is 2.45. The molecule has 1 heterocycles. The van der Waals surface area contributed by atoms with Gasteiger partial charge in [0, 0.05) is 32.9 Å². The lowest BCUT2D eigenvalue weighted by Gasteiger charge is -2.36. The topological polar surface area (TPSA) is 57.2 Å². The van der Waals surface area contributed by atoms with E-state index in [1.165, 1.54) is 11.1 Å². The molecule has 0 aliphatic carbocycles. The number of nitrogens with one attached hydrogen (secondary N) is 1. The normalized spacial score (nSPS) is 17.3. The predicted molar refractivity (Wildman–Crippen MR) is 124 cm³/mol. The standard InChI is InChI=1S/C19H30N4O2S.HI/c1-15-7-5-6-8-16(15)17-14-23(10-11-25-17)19(20-9-12-26-4)21-13-18(24)22(2)3;/h5-8,17H,9-14H2,1-4H3,(H,20,21);1H. The SMILES string of the molecule is CSCCNC(=NCC(=O)N(C)C)N1CCOC(c2ccccc2C)C1.I. The van der Waals surface area contributed by atoms with Crippen LogP contribution in [0.2, 0.25) is 0 Å². The monoisotopic (exact) mass is 506 g/mol. The van der Waals surface area contributed by atoms with Crippen molar-refractivity contribution in [1.82, 2.24) is 15.1 Å². The number of carbonyl (C=O) groups is 1. The highest BCUT2D eigenvalue weighted by atomic mass is 127. The highest BCUT2D eigenvalue weighted by molar-refractivity contribution is 14.0. The molecule has 1 amide bonds. The average molecular weight is 506 g/mol. The molecule has 1 saturated heterocycles. The molecule has 6 nitrogen and oxygen atoms in total. The number of amides is 1. The number of morpholine rings is 1. The Hall–Kier alpha value is -1.000. The minimum atomic E-state index is -0.00196. The summed E-state index contributed by atoms with van der Waals surface area (Å²) >= 11 is 1.78. The van der Waals surface area contributed by atoms with E-state index in [4.69, 9.17) is 4.74 Å². The van der Waals surface area contributed by atoms with Crippen molar-refractivity contribution in [2.24, 2.45) is 4.99 Å². The van der Waals surface area contributed by atoms with Crippen LogP contribution in [0, 0.1) is 6.92 Å². The smallest absolute Gasteiger partial charge is 0.243 e. The first-order chi connectivity index (χ1) is 12.5. The van der Waals surface area contributed by atoms with Crippen molar-refractivity contribution >= 4 is 47.6 Å². The lowest BCUT2D eigenvalue weighted by atomic mass is 10.0. The number of halogens is 1. The summed E-state index contributed by atoms with van der Waals surface area (Å²) in [7, 11) is 3.50. The van der Waals surface area contributed by atoms with Crippen molar-refractivity contribution in [2.45, 2.75) is 13.0 Å². The van der Waals surface area contributed by atoms with E-state index < -0.39 is 0 Å². The lowest BCUT2D eigenvalue weighted by molar-refractivity contribution is -0.127. The average Bonchev–Trinajstić information content (AvgIpc) is 2.64. The molecule has 0 bridgehead atoms. The Kier molecular flexibility index (Phi) is 11.1. The summed E-state index contributed by atoms with van der Waals surface area (Å²) in [5, 5.41) is 3.40. The fourth-order valence-electron chi connectivity index (χ4n) is 2.79. The van der Waals surface area contributed by atoms with Crippen LogP contribution in [0.15, 0.2) is 29.3 Å². The molecule has 1 fully saturated rings. The maximum Gasteiger partial charge on any atom is 0.243 e. The molecule has 1 atom stereocenters. The first-order valence-corrected chi connectivity index (χ1v) is 10.3. The molecule has 152 valence electrons. The fraction of sp³-hybridized carbons (Fsp3) is 0.579. The van der Waals surface area contributed by atoms with Gasteiger partial charge in [0.1, 0.15) is 12.6 Å². The minimum Gasteiger partial charge on any atom is -0.370 e. The van der Waals surface area contributed by atoms with Crippen LogP contribution in [-0.4, -0.2) is 80.6 Å². The highest BCUT2D eigenvalue weighted by Crippen LogP contribution is 2.24. The van der Waals surface area contributed by atoms with Crippen LogP contribution in [0.1, 0.15) is 17.2 Å². The zero-order chi connectivity index (χ0) is 18.9. The number of aliphatic imine (C=N–C) groups is 1. The third-order valence-electron chi connectivity index (χ3n) is 4.35. The van der Waals surface area contributed by atoms with E-state index in [0.717, 1.165) is 31.3 Å². The van der Waals surface area contributed by atoms with Crippen molar-refractivity contribution in [2.75, 3.05) is 58.9 Å². The fourth-order valence-corrected chi connectivity index (χ4v) is 3.10. The molecule has 27 heavy (non-hydrogen) atoms. The molecular weight excluding hydrogens is 475 g/mol. The van der Waals surface area contributed by atoms with E-state index in [1.807, 2.05) is 12.1 Å². The summed E-state index contributed by atoms with van der Waals surface area (Å²) < 4.78 is 6.01. The zero-order valence-corrected chi connectivity index (χ0v) is 19.8. The highest BCUT2D eigenvalue weighted by Gasteiger charge is 2.25. The molecule has 1 N–H and O–H groups in total. The van der Waals surface area contributed by atoms with E-state index in [9.17, 15) is 4.79 Å². The van der Waals surface area contributed by atoms with Gasteiger partial charge in [-0.05, 0) is 24.3 Å². The Labute approximate surface area is 184 Å². The largest absolute Gasteiger partial charge is 0.370 e. The molecule has 0 spiro atoms. The van der Waals surface area contributed by atoms with E-state index in [0.29, 0.717) is 6.61 Å². The van der Waals surface area contributed by atoms with Gasteiger partial charge in [-0.15, -0.1) is 24.0 Å². The van der Waals surface area contributed by atoms with E-state index in [1.54, 1.807) is 30.8 Å². The molecule has 1 aliphatic rings. The van der Waals surface area contributed by atoms with Crippen LogP contribution in [0.25, 0.3) is 0 Å². The van der Waals surface area contributed by atoms with Crippen molar-refractivity contribution in [3.8, 4) is 0 Å². The van der Waals surface area contributed by atoms with Crippen LogP contribution in [0.5, 0.6) is 0 Å². The molecule has 1 unspecified atom stereocenters. The Bertz CT molecular complexity index is 627. The van der Waals surface area contributed by atoms with Gasteiger partial charge in [-0.3, -0.25) is 4.79 Å². The number of guanidine groups is 1. The number of hydrogen-bond donors (Lipinski definition) is 1. The van der Waals surface area contributed by atoms with E-state index in [-0.39, 0.29) is 42.5 Å². The van der Waals surface area contributed by atoms with Crippen LogP contribution in [0.3, 0.4) is 0 Å². The summed E-state index contributed by atoms with van der Waals surface area (Å²) in [6.07, 6.45) is 2.10. The summed E-state index contributed by atoms with van der Waals surface area (Å²) in [6, 6.07) is 8.32. The number of carbonyl (C=O) groups excluding carboxylic acids is 1.